The molecule has 1 heterocycles. The lowest BCUT2D eigenvalue weighted by molar-refractivity contribution is 0.0936. The highest BCUT2D eigenvalue weighted by Crippen LogP contribution is 2.32. The first-order valence-corrected chi connectivity index (χ1v) is 7.19. The van der Waals surface area contributed by atoms with E-state index in [0.717, 1.165) is 12.1 Å². The van der Waals surface area contributed by atoms with Crippen molar-refractivity contribution >= 4 is 17.3 Å². The van der Waals surface area contributed by atoms with E-state index in [9.17, 15) is 9.18 Å². The third-order valence-electron chi connectivity index (χ3n) is 3.82. The predicted molar refractivity (Wildman–Crippen MR) is 90.8 cm³/mol. The molecule has 0 aliphatic carbocycles. The van der Waals surface area contributed by atoms with Crippen LogP contribution in [-0.2, 0) is 6.42 Å². The molecule has 0 saturated heterocycles. The lowest BCUT2D eigenvalue weighted by Crippen LogP contribution is -2.38. The standard InChI is InChI=1S/C17H17FN2O2.CH4/c1-3-11-4-6-12(7-5-11)20-10-22-16-9-15(19-2)14(18)8-13(16)17(20)21;/h4-9,19H,3,10H2,1-2H3;1H4. The molecule has 122 valence electrons. The topological polar surface area (TPSA) is 41.6 Å². The van der Waals surface area contributed by atoms with Crippen LogP contribution in [0.5, 0.6) is 5.75 Å². The van der Waals surface area contributed by atoms with Crippen LogP contribution in [0.4, 0.5) is 15.8 Å². The molecule has 0 aromatic heterocycles. The van der Waals surface area contributed by atoms with Gasteiger partial charge in [0.1, 0.15) is 11.6 Å². The predicted octanol–water partition coefficient (Wildman–Crippen LogP) is 4.06. The van der Waals surface area contributed by atoms with E-state index < -0.39 is 5.82 Å². The highest BCUT2D eigenvalue weighted by molar-refractivity contribution is 6.09. The molecule has 1 amide bonds. The molecule has 0 unspecified atom stereocenters. The minimum absolute atomic E-state index is 0. The van der Waals surface area contributed by atoms with Gasteiger partial charge in [0.2, 0.25) is 0 Å². The van der Waals surface area contributed by atoms with E-state index in [1.165, 1.54) is 22.6 Å². The lowest BCUT2D eigenvalue weighted by Gasteiger charge is -2.29. The SMILES string of the molecule is C.CCc1ccc(N2COc3cc(NC)c(F)cc3C2=O)cc1. The molecule has 0 atom stereocenters. The van der Waals surface area contributed by atoms with E-state index in [4.69, 9.17) is 4.74 Å². The number of ether oxygens (including phenoxy) is 1. The zero-order chi connectivity index (χ0) is 15.7. The minimum Gasteiger partial charge on any atom is -0.472 e. The van der Waals surface area contributed by atoms with Crippen molar-refractivity contribution in [3.05, 3.63) is 53.3 Å². The van der Waals surface area contributed by atoms with Crippen molar-refractivity contribution in [2.75, 3.05) is 24.0 Å². The van der Waals surface area contributed by atoms with Gasteiger partial charge in [0.05, 0.1) is 11.3 Å². The van der Waals surface area contributed by atoms with E-state index in [-0.39, 0.29) is 25.6 Å². The maximum Gasteiger partial charge on any atom is 0.264 e. The van der Waals surface area contributed by atoms with Crippen LogP contribution < -0.4 is 15.0 Å². The molecule has 0 spiro atoms. The highest BCUT2D eigenvalue weighted by atomic mass is 19.1. The Balaban J connectivity index is 0.00000192. The quantitative estimate of drug-likeness (QED) is 0.928. The van der Waals surface area contributed by atoms with Gasteiger partial charge in [0.15, 0.2) is 6.73 Å². The number of hydrogen-bond acceptors (Lipinski definition) is 3. The number of amides is 1. The maximum absolute atomic E-state index is 13.9. The molecular weight excluding hydrogens is 295 g/mol. The third-order valence-corrected chi connectivity index (χ3v) is 3.82. The van der Waals surface area contributed by atoms with Crippen molar-refractivity contribution in [2.24, 2.45) is 0 Å². The molecule has 1 N–H and O–H groups in total. The number of anilines is 2. The summed E-state index contributed by atoms with van der Waals surface area (Å²) in [6, 6.07) is 10.4. The molecular formula is C18H21FN2O2. The van der Waals surface area contributed by atoms with Gasteiger partial charge in [-0.25, -0.2) is 4.39 Å². The monoisotopic (exact) mass is 316 g/mol. The van der Waals surface area contributed by atoms with Gasteiger partial charge in [0, 0.05) is 18.8 Å². The van der Waals surface area contributed by atoms with E-state index >= 15 is 0 Å². The molecule has 2 aromatic carbocycles. The van der Waals surface area contributed by atoms with E-state index in [2.05, 4.69) is 12.2 Å². The molecule has 2 aromatic rings. The summed E-state index contributed by atoms with van der Waals surface area (Å²) in [5, 5.41) is 2.74. The van der Waals surface area contributed by atoms with Crippen LogP contribution in [0.15, 0.2) is 36.4 Å². The molecule has 4 nitrogen and oxygen atoms in total. The van der Waals surface area contributed by atoms with Gasteiger partial charge in [-0.1, -0.05) is 26.5 Å². The number of rotatable bonds is 3. The van der Waals surface area contributed by atoms with Crippen molar-refractivity contribution in [2.45, 2.75) is 20.8 Å². The number of nitrogens with zero attached hydrogens (tertiary/aromatic N) is 1. The average Bonchev–Trinajstić information content (AvgIpc) is 2.55. The Morgan fingerprint density at radius 1 is 1.26 bits per heavy atom. The average molecular weight is 316 g/mol. The smallest absolute Gasteiger partial charge is 0.264 e. The molecule has 1 aliphatic rings. The van der Waals surface area contributed by atoms with Gasteiger partial charge in [-0.05, 0) is 30.2 Å². The normalized spacial score (nSPS) is 13.0. The summed E-state index contributed by atoms with van der Waals surface area (Å²) in [6.45, 7) is 2.19. The van der Waals surface area contributed by atoms with Crippen molar-refractivity contribution in [3.63, 3.8) is 0 Å². The Kier molecular flexibility index (Phi) is 4.89. The Bertz CT molecular complexity index is 714. The first-order valence-electron chi connectivity index (χ1n) is 7.19. The first-order chi connectivity index (χ1) is 10.6. The van der Waals surface area contributed by atoms with Crippen LogP contribution in [0.3, 0.4) is 0 Å². The number of aryl methyl sites for hydroxylation is 1. The molecule has 0 bridgehead atoms. The van der Waals surface area contributed by atoms with Crippen molar-refractivity contribution in [1.29, 1.82) is 0 Å². The fraction of sp³-hybridized carbons (Fsp3) is 0.278. The minimum atomic E-state index is -0.471. The van der Waals surface area contributed by atoms with Crippen LogP contribution in [0.1, 0.15) is 30.3 Å². The zero-order valence-electron chi connectivity index (χ0n) is 12.5. The fourth-order valence-electron chi connectivity index (χ4n) is 2.47. The summed E-state index contributed by atoms with van der Waals surface area (Å²) in [5.41, 5.74) is 2.49. The second-order valence-corrected chi connectivity index (χ2v) is 5.10. The molecule has 5 heteroatoms. The van der Waals surface area contributed by atoms with E-state index in [1.54, 1.807) is 7.05 Å². The van der Waals surface area contributed by atoms with Gasteiger partial charge in [-0.2, -0.15) is 0 Å². The van der Waals surface area contributed by atoms with Gasteiger partial charge >= 0.3 is 0 Å². The zero-order valence-corrected chi connectivity index (χ0v) is 12.5. The number of fused-ring (bicyclic) bond motifs is 1. The van der Waals surface area contributed by atoms with Crippen LogP contribution in [0.25, 0.3) is 0 Å². The number of halogens is 1. The first kappa shape index (κ1) is 16.8. The van der Waals surface area contributed by atoms with E-state index in [1.807, 2.05) is 24.3 Å². The van der Waals surface area contributed by atoms with Gasteiger partial charge in [-0.3, -0.25) is 9.69 Å². The van der Waals surface area contributed by atoms with Crippen molar-refractivity contribution in [3.8, 4) is 5.75 Å². The molecule has 1 aliphatic heterocycles. The number of nitrogens with one attached hydrogen (secondary N) is 1. The Hall–Kier alpha value is -2.56. The molecule has 3 rings (SSSR count). The van der Waals surface area contributed by atoms with Crippen molar-refractivity contribution in [1.82, 2.24) is 0 Å². The third kappa shape index (κ3) is 2.99. The second kappa shape index (κ2) is 6.69. The highest BCUT2D eigenvalue weighted by Gasteiger charge is 2.28. The van der Waals surface area contributed by atoms with E-state index in [0.29, 0.717) is 11.4 Å². The summed E-state index contributed by atoms with van der Waals surface area (Å²) < 4.78 is 19.5. The largest absolute Gasteiger partial charge is 0.472 e. The number of hydrogen-bond donors (Lipinski definition) is 1. The van der Waals surface area contributed by atoms with Crippen LogP contribution in [0, 0.1) is 5.82 Å². The van der Waals surface area contributed by atoms with Crippen LogP contribution >= 0.6 is 0 Å². The number of carbonyl (C=O) groups excluding carboxylic acids is 1. The molecule has 0 fully saturated rings. The Morgan fingerprint density at radius 3 is 2.57 bits per heavy atom. The molecule has 23 heavy (non-hydrogen) atoms. The fourth-order valence-corrected chi connectivity index (χ4v) is 2.47. The number of benzene rings is 2. The molecule has 0 saturated carbocycles. The van der Waals surface area contributed by atoms with Crippen molar-refractivity contribution < 1.29 is 13.9 Å². The number of carbonyl (C=O) groups is 1. The molecule has 0 radical (unpaired) electrons. The van der Waals surface area contributed by atoms with Gasteiger partial charge in [-0.15, -0.1) is 0 Å². The van der Waals surface area contributed by atoms with Crippen LogP contribution in [0.2, 0.25) is 0 Å². The summed E-state index contributed by atoms with van der Waals surface area (Å²) >= 11 is 0. The van der Waals surface area contributed by atoms with Gasteiger partial charge < -0.3 is 10.1 Å². The summed E-state index contributed by atoms with van der Waals surface area (Å²) in [5.74, 6) is -0.328. The van der Waals surface area contributed by atoms with Crippen LogP contribution in [-0.4, -0.2) is 19.7 Å². The van der Waals surface area contributed by atoms with Gasteiger partial charge in [0.25, 0.3) is 5.91 Å². The maximum atomic E-state index is 13.9. The Labute approximate surface area is 135 Å². The summed E-state index contributed by atoms with van der Waals surface area (Å²) in [7, 11) is 1.62. The Morgan fingerprint density at radius 2 is 1.96 bits per heavy atom. The summed E-state index contributed by atoms with van der Waals surface area (Å²) in [4.78, 5) is 14.1. The second-order valence-electron chi connectivity index (χ2n) is 5.10. The lowest BCUT2D eigenvalue weighted by atomic mass is 10.1. The summed E-state index contributed by atoms with van der Waals surface area (Å²) in [6.07, 6.45) is 0.936.